The molecule has 1 saturated heterocycles. The number of nitrogens with one attached hydrogen (secondary N) is 1. The van der Waals surface area contributed by atoms with Crippen molar-refractivity contribution in [3.05, 3.63) is 0 Å². The minimum absolute atomic E-state index is 0.345. The molecule has 0 saturated carbocycles. The molecule has 0 bridgehead atoms. The van der Waals surface area contributed by atoms with Gasteiger partial charge in [-0.25, -0.2) is 0 Å². The van der Waals surface area contributed by atoms with Gasteiger partial charge in [0.1, 0.15) is 0 Å². The Morgan fingerprint density at radius 1 is 1.39 bits per heavy atom. The molecule has 0 spiro atoms. The lowest BCUT2D eigenvalue weighted by molar-refractivity contribution is -0.0679. The molecule has 0 aromatic carbocycles. The van der Waals surface area contributed by atoms with Gasteiger partial charge in [0.25, 0.3) is 0 Å². The smallest absolute Gasteiger partial charge is 0.188 e. The van der Waals surface area contributed by atoms with Gasteiger partial charge in [-0.1, -0.05) is 6.92 Å². The number of hydrogen-bond donors (Lipinski definition) is 2. The normalized spacial score (nSPS) is 26.3. The van der Waals surface area contributed by atoms with Crippen molar-refractivity contribution >= 4 is 5.96 Å². The summed E-state index contributed by atoms with van der Waals surface area (Å²) in [6, 6.07) is 0. The maximum absolute atomic E-state index is 5.73. The highest BCUT2D eigenvalue weighted by Crippen LogP contribution is 2.10. The van der Waals surface area contributed by atoms with E-state index in [1.807, 2.05) is 0 Å². The number of nitrogens with two attached hydrogens (primary N) is 1. The van der Waals surface area contributed by atoms with Gasteiger partial charge in [0, 0.05) is 32.7 Å². The van der Waals surface area contributed by atoms with Gasteiger partial charge >= 0.3 is 0 Å². The second-order valence-corrected chi connectivity index (χ2v) is 5.06. The van der Waals surface area contributed by atoms with Crippen molar-refractivity contribution in [1.82, 2.24) is 10.2 Å². The van der Waals surface area contributed by atoms with Crippen molar-refractivity contribution in [1.29, 1.82) is 0 Å². The number of rotatable bonds is 6. The predicted molar refractivity (Wildman–Crippen MR) is 75.8 cm³/mol. The van der Waals surface area contributed by atoms with Gasteiger partial charge in [0.05, 0.1) is 12.2 Å². The number of nitrogens with zero attached hydrogens (tertiary/aromatic N) is 2. The molecule has 2 unspecified atom stereocenters. The van der Waals surface area contributed by atoms with Crippen LogP contribution in [0, 0.1) is 0 Å². The zero-order chi connectivity index (χ0) is 13.4. The zero-order valence-electron chi connectivity index (χ0n) is 12.0. The molecular formula is C13H28N4O. The monoisotopic (exact) mass is 256 g/mol. The van der Waals surface area contributed by atoms with Crippen molar-refractivity contribution < 1.29 is 4.74 Å². The van der Waals surface area contributed by atoms with Crippen LogP contribution < -0.4 is 11.1 Å². The maximum atomic E-state index is 5.73. The first kappa shape index (κ1) is 15.2. The molecule has 106 valence electrons. The third-order valence-electron chi connectivity index (χ3n) is 2.96. The fourth-order valence-corrected chi connectivity index (χ4v) is 2.27. The van der Waals surface area contributed by atoms with E-state index in [1.54, 1.807) is 0 Å². The van der Waals surface area contributed by atoms with Crippen LogP contribution in [0.15, 0.2) is 4.99 Å². The van der Waals surface area contributed by atoms with Crippen molar-refractivity contribution in [3.63, 3.8) is 0 Å². The largest absolute Gasteiger partial charge is 0.373 e. The molecule has 5 heteroatoms. The molecule has 3 N–H and O–H groups in total. The molecular weight excluding hydrogens is 228 g/mol. The van der Waals surface area contributed by atoms with Crippen molar-refractivity contribution in [2.24, 2.45) is 10.7 Å². The van der Waals surface area contributed by atoms with Crippen LogP contribution in [-0.4, -0.2) is 55.8 Å². The van der Waals surface area contributed by atoms with E-state index in [-0.39, 0.29) is 0 Å². The summed E-state index contributed by atoms with van der Waals surface area (Å²) in [7, 11) is 0. The first-order valence-electron chi connectivity index (χ1n) is 7.03. The quantitative estimate of drug-likeness (QED) is 0.419. The van der Waals surface area contributed by atoms with Gasteiger partial charge in [0.15, 0.2) is 5.96 Å². The fraction of sp³-hybridized carbons (Fsp3) is 0.923. The number of ether oxygens (including phenoxy) is 1. The van der Waals surface area contributed by atoms with Crippen LogP contribution in [-0.2, 0) is 4.74 Å². The molecule has 0 amide bonds. The summed E-state index contributed by atoms with van der Waals surface area (Å²) < 4.78 is 5.71. The highest BCUT2D eigenvalue weighted by molar-refractivity contribution is 5.77. The Bertz CT molecular complexity index is 247. The molecule has 18 heavy (non-hydrogen) atoms. The summed E-state index contributed by atoms with van der Waals surface area (Å²) in [5, 5.41) is 3.15. The van der Waals surface area contributed by atoms with Gasteiger partial charge in [0.2, 0.25) is 0 Å². The van der Waals surface area contributed by atoms with Crippen LogP contribution in [0.25, 0.3) is 0 Å². The number of guanidine groups is 1. The van der Waals surface area contributed by atoms with Gasteiger partial charge < -0.3 is 15.8 Å². The van der Waals surface area contributed by atoms with E-state index >= 15 is 0 Å². The Morgan fingerprint density at radius 2 is 2.06 bits per heavy atom. The summed E-state index contributed by atoms with van der Waals surface area (Å²) in [6.45, 7) is 11.2. The first-order chi connectivity index (χ1) is 8.61. The molecule has 0 aromatic heterocycles. The van der Waals surface area contributed by atoms with Crippen LogP contribution in [0.2, 0.25) is 0 Å². The minimum atomic E-state index is 0.345. The number of aliphatic imine (C=N–C) groups is 1. The van der Waals surface area contributed by atoms with Crippen molar-refractivity contribution in [2.45, 2.75) is 45.8 Å². The fourth-order valence-electron chi connectivity index (χ4n) is 2.27. The predicted octanol–water partition coefficient (Wildman–Crippen LogP) is 0.800. The minimum Gasteiger partial charge on any atom is -0.373 e. The van der Waals surface area contributed by atoms with Crippen LogP contribution in [0.4, 0.5) is 0 Å². The molecule has 1 aliphatic heterocycles. The SMILES string of the molecule is CCCN=C(N)NCCCN1CC(C)OC(C)C1. The summed E-state index contributed by atoms with van der Waals surface area (Å²) in [5.41, 5.74) is 5.73. The Morgan fingerprint density at radius 3 is 2.67 bits per heavy atom. The molecule has 0 aromatic rings. The molecule has 0 aliphatic carbocycles. The van der Waals surface area contributed by atoms with E-state index in [0.717, 1.165) is 45.6 Å². The van der Waals surface area contributed by atoms with Crippen LogP contribution in [0.5, 0.6) is 0 Å². The molecule has 5 nitrogen and oxygen atoms in total. The number of hydrogen-bond acceptors (Lipinski definition) is 3. The Hall–Kier alpha value is -0.810. The second-order valence-electron chi connectivity index (χ2n) is 5.06. The van der Waals surface area contributed by atoms with Gasteiger partial charge in [-0.3, -0.25) is 9.89 Å². The third-order valence-corrected chi connectivity index (χ3v) is 2.96. The molecule has 1 rings (SSSR count). The van der Waals surface area contributed by atoms with E-state index in [4.69, 9.17) is 10.5 Å². The molecule has 2 atom stereocenters. The lowest BCUT2D eigenvalue weighted by Gasteiger charge is -2.35. The van der Waals surface area contributed by atoms with Crippen LogP contribution >= 0.6 is 0 Å². The molecule has 1 fully saturated rings. The van der Waals surface area contributed by atoms with Crippen LogP contribution in [0.3, 0.4) is 0 Å². The van der Waals surface area contributed by atoms with Gasteiger partial charge in [-0.15, -0.1) is 0 Å². The average molecular weight is 256 g/mol. The zero-order valence-corrected chi connectivity index (χ0v) is 12.0. The van der Waals surface area contributed by atoms with E-state index in [0.29, 0.717) is 18.2 Å². The van der Waals surface area contributed by atoms with Gasteiger partial charge in [-0.2, -0.15) is 0 Å². The topological polar surface area (TPSA) is 62.9 Å². The standard InChI is InChI=1S/C13H28N4O/c1-4-6-15-13(14)16-7-5-8-17-9-11(2)18-12(3)10-17/h11-12H,4-10H2,1-3H3,(H3,14,15,16). The Labute approximate surface area is 111 Å². The average Bonchev–Trinajstić information content (AvgIpc) is 2.31. The molecule has 0 radical (unpaired) electrons. The van der Waals surface area contributed by atoms with E-state index in [2.05, 4.69) is 36.0 Å². The highest BCUT2D eigenvalue weighted by Gasteiger charge is 2.21. The highest BCUT2D eigenvalue weighted by atomic mass is 16.5. The lowest BCUT2D eigenvalue weighted by atomic mass is 10.2. The Balaban J connectivity index is 2.10. The lowest BCUT2D eigenvalue weighted by Crippen LogP contribution is -2.46. The van der Waals surface area contributed by atoms with E-state index in [9.17, 15) is 0 Å². The van der Waals surface area contributed by atoms with E-state index < -0.39 is 0 Å². The van der Waals surface area contributed by atoms with Gasteiger partial charge in [-0.05, 0) is 26.7 Å². The molecule has 1 aliphatic rings. The van der Waals surface area contributed by atoms with Crippen molar-refractivity contribution in [2.75, 3.05) is 32.7 Å². The van der Waals surface area contributed by atoms with Crippen LogP contribution in [0.1, 0.15) is 33.6 Å². The molecule has 1 heterocycles. The second kappa shape index (κ2) is 8.32. The summed E-state index contributed by atoms with van der Waals surface area (Å²) in [5.74, 6) is 0.570. The van der Waals surface area contributed by atoms with E-state index in [1.165, 1.54) is 0 Å². The van der Waals surface area contributed by atoms with Crippen molar-refractivity contribution in [3.8, 4) is 0 Å². The number of morpholine rings is 1. The Kier molecular flexibility index (Phi) is 7.05. The third kappa shape index (κ3) is 6.21. The summed E-state index contributed by atoms with van der Waals surface area (Å²) in [4.78, 5) is 6.66. The maximum Gasteiger partial charge on any atom is 0.188 e. The summed E-state index contributed by atoms with van der Waals surface area (Å²) in [6.07, 6.45) is 2.81. The first-order valence-corrected chi connectivity index (χ1v) is 7.03. The summed E-state index contributed by atoms with van der Waals surface area (Å²) >= 11 is 0.